The molecule has 358 valence electrons. The summed E-state index contributed by atoms with van der Waals surface area (Å²) in [6.45, 7) is 0. The lowest BCUT2D eigenvalue weighted by Gasteiger charge is -2.21. The average Bonchev–Trinajstić information content (AvgIpc) is 3.62. The van der Waals surface area contributed by atoms with Crippen LogP contribution in [0.3, 0.4) is 0 Å². The summed E-state index contributed by atoms with van der Waals surface area (Å²) >= 11 is 0. The third-order valence-electron chi connectivity index (χ3n) is 17.4. The van der Waals surface area contributed by atoms with Crippen molar-refractivity contribution in [1.29, 1.82) is 0 Å². The molecule has 0 heterocycles. The molecule has 0 aliphatic rings. The Hall–Kier alpha value is -10.1. The standard InChI is InChI=1S/C78H46/c1-5-25-59-51(17-1)55-21-9-13-29-63(55)75-41-47(33-37-67(59)75)71-45-73(49-35-39-69-61-27-7-3-19-53(61)57-23-11-15-31-65(57)77(69)43-49)74(50-36-40-70-62-28-8-4-20-54(62)58-24-12-16-32-66(58)78(70)44-50)46-72(71)48-34-38-68-60-26-6-2-18-52(60)56-22-10-14-30-64(56)76(68)42-48/h1-46H. The SMILES string of the molecule is c1ccc2c(c1)c1ccccc1c1cc(-c3cc(-c4ccc5c6ccccc6c6ccccc6c5c4)c(-c4ccc5c6ccccc6c6ccccc6c5c4)cc3-c3ccc4c5ccccc5c5ccccc5c4c3)ccc21. The van der Waals surface area contributed by atoms with Crippen LogP contribution in [0.1, 0.15) is 0 Å². The van der Waals surface area contributed by atoms with Crippen LogP contribution in [0.5, 0.6) is 0 Å². The van der Waals surface area contributed by atoms with Crippen molar-refractivity contribution in [3.05, 3.63) is 279 Å². The van der Waals surface area contributed by atoms with E-state index in [1.165, 1.54) is 174 Å². The number of hydrogen-bond acceptors (Lipinski definition) is 0. The summed E-state index contributed by atoms with van der Waals surface area (Å²) in [5.74, 6) is 0. The fourth-order valence-electron chi connectivity index (χ4n) is 13.9. The smallest absolute Gasteiger partial charge is 0.00928 e. The highest BCUT2D eigenvalue weighted by Gasteiger charge is 2.21. The fraction of sp³-hybridized carbons (Fsp3) is 0. The molecule has 0 heteroatoms. The summed E-state index contributed by atoms with van der Waals surface area (Å²) in [4.78, 5) is 0. The van der Waals surface area contributed by atoms with Crippen molar-refractivity contribution in [3.63, 3.8) is 0 Å². The summed E-state index contributed by atoms with van der Waals surface area (Å²) in [5.41, 5.74) is 9.50. The monoisotopic (exact) mass is 982 g/mol. The lowest BCUT2D eigenvalue weighted by atomic mass is 9.82. The third-order valence-corrected chi connectivity index (χ3v) is 17.4. The van der Waals surface area contributed by atoms with Gasteiger partial charge in [0.1, 0.15) is 0 Å². The first-order valence-electron chi connectivity index (χ1n) is 27.2. The Morgan fingerprint density at radius 1 is 0.103 bits per heavy atom. The van der Waals surface area contributed by atoms with Gasteiger partial charge in [-0.25, -0.2) is 0 Å². The van der Waals surface area contributed by atoms with Gasteiger partial charge in [0.15, 0.2) is 0 Å². The minimum Gasteiger partial charge on any atom is -0.0616 e. The van der Waals surface area contributed by atoms with Gasteiger partial charge in [0.2, 0.25) is 0 Å². The van der Waals surface area contributed by atoms with Crippen LogP contribution in [-0.4, -0.2) is 0 Å². The van der Waals surface area contributed by atoms with Crippen molar-refractivity contribution in [1.82, 2.24) is 0 Å². The first-order chi connectivity index (χ1) is 38.7. The molecule has 78 heavy (non-hydrogen) atoms. The first-order valence-corrected chi connectivity index (χ1v) is 27.2. The van der Waals surface area contributed by atoms with Crippen LogP contribution in [-0.2, 0) is 0 Å². The summed E-state index contributed by atoms with van der Waals surface area (Å²) in [6.07, 6.45) is 0. The predicted octanol–water partition coefficient (Wildman–Crippen LogP) is 22.2. The Morgan fingerprint density at radius 2 is 0.231 bits per heavy atom. The molecule has 0 radical (unpaired) electrons. The van der Waals surface area contributed by atoms with Gasteiger partial charge >= 0.3 is 0 Å². The second kappa shape index (κ2) is 16.7. The van der Waals surface area contributed by atoms with Gasteiger partial charge in [-0.05, 0) is 210 Å². The fourth-order valence-corrected chi connectivity index (χ4v) is 13.9. The normalized spacial score (nSPS) is 12.1. The van der Waals surface area contributed by atoms with E-state index < -0.39 is 0 Å². The van der Waals surface area contributed by atoms with E-state index in [0.717, 1.165) is 0 Å². The quantitative estimate of drug-likeness (QED) is 0.154. The second-order valence-corrected chi connectivity index (χ2v) is 21.3. The van der Waals surface area contributed by atoms with Gasteiger partial charge in [0, 0.05) is 0 Å². The Labute approximate surface area is 450 Å². The summed E-state index contributed by atoms with van der Waals surface area (Å²) in [7, 11) is 0. The van der Waals surface area contributed by atoms with Crippen LogP contribution in [0.2, 0.25) is 0 Å². The Bertz CT molecular complexity index is 4630. The van der Waals surface area contributed by atoms with Gasteiger partial charge < -0.3 is 0 Å². The largest absolute Gasteiger partial charge is 0.0616 e. The highest BCUT2D eigenvalue weighted by molar-refractivity contribution is 6.30. The maximum atomic E-state index is 2.53. The van der Waals surface area contributed by atoms with Crippen LogP contribution < -0.4 is 0 Å². The maximum Gasteiger partial charge on any atom is -0.00928 e. The van der Waals surface area contributed by atoms with Gasteiger partial charge in [-0.1, -0.05) is 243 Å². The molecule has 0 fully saturated rings. The van der Waals surface area contributed by atoms with Crippen molar-refractivity contribution in [2.24, 2.45) is 0 Å². The molecule has 0 saturated heterocycles. The van der Waals surface area contributed by atoms with E-state index in [4.69, 9.17) is 0 Å². The zero-order valence-corrected chi connectivity index (χ0v) is 42.6. The van der Waals surface area contributed by atoms with Gasteiger partial charge in [-0.2, -0.15) is 0 Å². The Balaban J connectivity index is 1.02. The van der Waals surface area contributed by atoms with Crippen molar-refractivity contribution in [3.8, 4) is 44.5 Å². The molecular formula is C78H46. The van der Waals surface area contributed by atoms with E-state index in [2.05, 4.69) is 279 Å². The molecule has 0 nitrogen and oxygen atoms in total. The highest BCUT2D eigenvalue weighted by atomic mass is 14.2. The summed E-state index contributed by atoms with van der Waals surface area (Å²) in [5, 5.41) is 30.5. The lowest BCUT2D eigenvalue weighted by molar-refractivity contribution is 1.58. The molecule has 17 aromatic carbocycles. The topological polar surface area (TPSA) is 0 Å². The van der Waals surface area contributed by atoms with Gasteiger partial charge in [0.05, 0.1) is 0 Å². The molecule has 0 spiro atoms. The first kappa shape index (κ1) is 43.1. The molecule has 0 atom stereocenters. The second-order valence-electron chi connectivity index (χ2n) is 21.3. The zero-order chi connectivity index (χ0) is 51.0. The molecule has 0 N–H and O–H groups in total. The van der Waals surface area contributed by atoms with Crippen LogP contribution in [0.25, 0.3) is 174 Å². The highest BCUT2D eigenvalue weighted by Crippen LogP contribution is 2.48. The molecule has 17 rings (SSSR count). The molecular weight excluding hydrogens is 937 g/mol. The van der Waals surface area contributed by atoms with E-state index in [1.54, 1.807) is 0 Å². The molecule has 0 bridgehead atoms. The van der Waals surface area contributed by atoms with Crippen molar-refractivity contribution in [2.75, 3.05) is 0 Å². The number of fused-ring (bicyclic) bond motifs is 24. The molecule has 0 unspecified atom stereocenters. The Kier molecular flexibility index (Phi) is 9.22. The molecule has 0 aliphatic heterocycles. The lowest BCUT2D eigenvalue weighted by Crippen LogP contribution is -1.94. The van der Waals surface area contributed by atoms with E-state index in [-0.39, 0.29) is 0 Å². The molecule has 0 amide bonds. The molecule has 17 aromatic rings. The predicted molar refractivity (Wildman–Crippen MR) is 338 cm³/mol. The van der Waals surface area contributed by atoms with E-state index in [1.807, 2.05) is 0 Å². The molecule has 0 aliphatic carbocycles. The van der Waals surface area contributed by atoms with E-state index in [9.17, 15) is 0 Å². The van der Waals surface area contributed by atoms with E-state index in [0.29, 0.717) is 0 Å². The number of hydrogen-bond donors (Lipinski definition) is 0. The van der Waals surface area contributed by atoms with Gasteiger partial charge in [0.25, 0.3) is 0 Å². The van der Waals surface area contributed by atoms with Gasteiger partial charge in [-0.3, -0.25) is 0 Å². The summed E-state index contributed by atoms with van der Waals surface area (Å²) < 4.78 is 0. The van der Waals surface area contributed by atoms with Crippen LogP contribution in [0, 0.1) is 0 Å². The number of rotatable bonds is 4. The third kappa shape index (κ3) is 6.29. The van der Waals surface area contributed by atoms with Crippen LogP contribution >= 0.6 is 0 Å². The maximum absolute atomic E-state index is 2.53. The minimum absolute atomic E-state index is 1.18. The zero-order valence-electron chi connectivity index (χ0n) is 42.6. The van der Waals surface area contributed by atoms with Crippen molar-refractivity contribution >= 4 is 129 Å². The molecule has 0 aromatic heterocycles. The van der Waals surface area contributed by atoms with Crippen molar-refractivity contribution < 1.29 is 0 Å². The Morgan fingerprint density at radius 3 is 0.385 bits per heavy atom. The van der Waals surface area contributed by atoms with Gasteiger partial charge in [-0.15, -0.1) is 0 Å². The van der Waals surface area contributed by atoms with E-state index >= 15 is 0 Å². The summed E-state index contributed by atoms with van der Waals surface area (Å²) in [6, 6.07) is 105. The minimum atomic E-state index is 1.18. The van der Waals surface area contributed by atoms with Crippen LogP contribution in [0.15, 0.2) is 279 Å². The average molecular weight is 983 g/mol. The van der Waals surface area contributed by atoms with Crippen molar-refractivity contribution in [2.45, 2.75) is 0 Å². The molecule has 0 saturated carbocycles. The number of benzene rings is 17. The van der Waals surface area contributed by atoms with Crippen LogP contribution in [0.4, 0.5) is 0 Å².